The van der Waals surface area contributed by atoms with Gasteiger partial charge in [0.1, 0.15) is 11.6 Å². The van der Waals surface area contributed by atoms with E-state index in [0.717, 1.165) is 6.42 Å². The Hall–Kier alpha value is -0.960. The summed E-state index contributed by atoms with van der Waals surface area (Å²) >= 11 is 0. The van der Waals surface area contributed by atoms with Crippen LogP contribution in [0.2, 0.25) is 0 Å². The van der Waals surface area contributed by atoms with Crippen molar-refractivity contribution in [2.45, 2.75) is 31.8 Å². The van der Waals surface area contributed by atoms with Crippen molar-refractivity contribution in [1.29, 1.82) is 0 Å². The Kier molecular flexibility index (Phi) is 2.07. The molecule has 3 heteroatoms. The van der Waals surface area contributed by atoms with Crippen LogP contribution in [0.5, 0.6) is 0 Å². The van der Waals surface area contributed by atoms with E-state index in [0.29, 0.717) is 12.8 Å². The van der Waals surface area contributed by atoms with E-state index >= 15 is 0 Å². The predicted octanol–water partition coefficient (Wildman–Crippen LogP) is 2.64. The van der Waals surface area contributed by atoms with E-state index in [2.05, 4.69) is 0 Å². The van der Waals surface area contributed by atoms with Crippen molar-refractivity contribution in [3.63, 3.8) is 0 Å². The zero-order valence-electron chi connectivity index (χ0n) is 7.98. The topological polar surface area (TPSA) is 20.2 Å². The van der Waals surface area contributed by atoms with Crippen molar-refractivity contribution in [3.05, 3.63) is 34.9 Å². The summed E-state index contributed by atoms with van der Waals surface area (Å²) in [5.74, 6) is -1.17. The fourth-order valence-electron chi connectivity index (χ4n) is 1.80. The largest absolute Gasteiger partial charge is 0.385 e. The third kappa shape index (κ3) is 1.23. The molecule has 1 aromatic carbocycles. The average Bonchev–Trinajstić information content (AvgIpc) is 2.11. The molecule has 1 nitrogen and oxygen atoms in total. The van der Waals surface area contributed by atoms with Gasteiger partial charge in [-0.25, -0.2) is 8.78 Å². The molecule has 1 fully saturated rings. The van der Waals surface area contributed by atoms with Crippen LogP contribution < -0.4 is 0 Å². The van der Waals surface area contributed by atoms with Crippen LogP contribution >= 0.6 is 0 Å². The number of halogens is 2. The molecule has 0 bridgehead atoms. The lowest BCUT2D eigenvalue weighted by Crippen LogP contribution is -2.34. The van der Waals surface area contributed by atoms with Gasteiger partial charge in [0, 0.05) is 11.1 Å². The molecule has 0 aromatic heterocycles. The van der Waals surface area contributed by atoms with Gasteiger partial charge < -0.3 is 5.11 Å². The van der Waals surface area contributed by atoms with Crippen molar-refractivity contribution < 1.29 is 13.9 Å². The molecule has 0 atom stereocenters. The molecule has 1 aliphatic carbocycles. The van der Waals surface area contributed by atoms with Crippen molar-refractivity contribution in [3.8, 4) is 0 Å². The highest BCUT2D eigenvalue weighted by Gasteiger charge is 2.38. The monoisotopic (exact) mass is 198 g/mol. The van der Waals surface area contributed by atoms with Gasteiger partial charge in [0.2, 0.25) is 0 Å². The third-order valence-electron chi connectivity index (χ3n) is 3.00. The first-order chi connectivity index (χ1) is 6.54. The van der Waals surface area contributed by atoms with E-state index in [1.807, 2.05) is 0 Å². The van der Waals surface area contributed by atoms with Crippen molar-refractivity contribution in [2.75, 3.05) is 0 Å². The smallest absolute Gasteiger partial charge is 0.135 e. The van der Waals surface area contributed by atoms with E-state index in [1.54, 1.807) is 0 Å². The number of benzene rings is 1. The quantitative estimate of drug-likeness (QED) is 0.735. The van der Waals surface area contributed by atoms with Crippen LogP contribution in [-0.2, 0) is 5.60 Å². The summed E-state index contributed by atoms with van der Waals surface area (Å²) in [5, 5.41) is 9.92. The average molecular weight is 198 g/mol. The van der Waals surface area contributed by atoms with Gasteiger partial charge in [-0.2, -0.15) is 0 Å². The van der Waals surface area contributed by atoms with Gasteiger partial charge in [-0.3, -0.25) is 0 Å². The highest BCUT2D eigenvalue weighted by Crippen LogP contribution is 2.42. The lowest BCUT2D eigenvalue weighted by atomic mass is 9.74. The molecule has 1 saturated carbocycles. The predicted molar refractivity (Wildman–Crippen MR) is 48.8 cm³/mol. The fraction of sp³-hybridized carbons (Fsp3) is 0.455. The van der Waals surface area contributed by atoms with Gasteiger partial charge in [-0.15, -0.1) is 0 Å². The Labute approximate surface area is 81.4 Å². The van der Waals surface area contributed by atoms with Crippen LogP contribution in [0.25, 0.3) is 0 Å². The van der Waals surface area contributed by atoms with Gasteiger partial charge in [0.25, 0.3) is 0 Å². The fourth-order valence-corrected chi connectivity index (χ4v) is 1.80. The number of hydrogen-bond acceptors (Lipinski definition) is 1. The number of hydrogen-bond donors (Lipinski definition) is 1. The Morgan fingerprint density at radius 2 is 1.93 bits per heavy atom. The first kappa shape index (κ1) is 9.59. The molecule has 14 heavy (non-hydrogen) atoms. The SMILES string of the molecule is Cc1c(F)ccc(C2(O)CCC2)c1F. The summed E-state index contributed by atoms with van der Waals surface area (Å²) in [7, 11) is 0. The maximum atomic E-state index is 13.6. The van der Waals surface area contributed by atoms with E-state index in [4.69, 9.17) is 0 Å². The van der Waals surface area contributed by atoms with Gasteiger partial charge >= 0.3 is 0 Å². The summed E-state index contributed by atoms with van der Waals surface area (Å²) in [6.45, 7) is 1.39. The molecule has 0 aliphatic heterocycles. The van der Waals surface area contributed by atoms with E-state index in [-0.39, 0.29) is 11.1 Å². The minimum Gasteiger partial charge on any atom is -0.385 e. The van der Waals surface area contributed by atoms with E-state index < -0.39 is 17.2 Å². The molecule has 1 aliphatic rings. The summed E-state index contributed by atoms with van der Waals surface area (Å²) in [6.07, 6.45) is 2.02. The summed E-state index contributed by atoms with van der Waals surface area (Å²) in [5.41, 5.74) is -0.826. The third-order valence-corrected chi connectivity index (χ3v) is 3.00. The Balaban J connectivity index is 2.49. The lowest BCUT2D eigenvalue weighted by molar-refractivity contribution is -0.0418. The highest BCUT2D eigenvalue weighted by molar-refractivity contribution is 5.32. The first-order valence-corrected chi connectivity index (χ1v) is 4.72. The van der Waals surface area contributed by atoms with Crippen LogP contribution in [0.1, 0.15) is 30.4 Å². The lowest BCUT2D eigenvalue weighted by Gasteiger charge is -2.37. The molecule has 1 aromatic rings. The molecule has 0 heterocycles. The van der Waals surface area contributed by atoms with Crippen LogP contribution in [0.4, 0.5) is 8.78 Å². The van der Waals surface area contributed by atoms with Crippen LogP contribution in [0.3, 0.4) is 0 Å². The van der Waals surface area contributed by atoms with Crippen molar-refractivity contribution >= 4 is 0 Å². The summed E-state index contributed by atoms with van der Waals surface area (Å²) < 4.78 is 26.5. The second-order valence-corrected chi connectivity index (χ2v) is 3.92. The van der Waals surface area contributed by atoms with Crippen molar-refractivity contribution in [2.24, 2.45) is 0 Å². The maximum Gasteiger partial charge on any atom is 0.135 e. The molecule has 0 saturated heterocycles. The number of rotatable bonds is 1. The molecule has 0 unspecified atom stereocenters. The molecule has 76 valence electrons. The van der Waals surface area contributed by atoms with Crippen LogP contribution in [-0.4, -0.2) is 5.11 Å². The molecule has 0 amide bonds. The second kappa shape index (κ2) is 3.02. The normalized spacial score (nSPS) is 19.1. The minimum absolute atomic E-state index is 0.0113. The molecule has 0 radical (unpaired) electrons. The Morgan fingerprint density at radius 3 is 2.43 bits per heavy atom. The van der Waals surface area contributed by atoms with E-state index in [9.17, 15) is 13.9 Å². The summed E-state index contributed by atoms with van der Waals surface area (Å²) in [4.78, 5) is 0. The minimum atomic E-state index is -1.05. The van der Waals surface area contributed by atoms with Crippen LogP contribution in [0, 0.1) is 18.6 Å². The maximum absolute atomic E-state index is 13.6. The molecular formula is C11H12F2O. The number of aliphatic hydroxyl groups is 1. The van der Waals surface area contributed by atoms with Crippen molar-refractivity contribution in [1.82, 2.24) is 0 Å². The second-order valence-electron chi connectivity index (χ2n) is 3.92. The zero-order valence-corrected chi connectivity index (χ0v) is 7.98. The Morgan fingerprint density at radius 1 is 1.29 bits per heavy atom. The van der Waals surface area contributed by atoms with Gasteiger partial charge in [-0.1, -0.05) is 6.07 Å². The molecular weight excluding hydrogens is 186 g/mol. The van der Waals surface area contributed by atoms with E-state index in [1.165, 1.54) is 19.1 Å². The molecule has 2 rings (SSSR count). The standard InChI is InChI=1S/C11H12F2O/c1-7-9(12)4-3-8(10(7)13)11(14)5-2-6-11/h3-4,14H,2,5-6H2,1H3. The van der Waals surface area contributed by atoms with Gasteiger partial charge in [0.05, 0.1) is 5.60 Å². The van der Waals surface area contributed by atoms with Gasteiger partial charge in [-0.05, 0) is 32.3 Å². The van der Waals surface area contributed by atoms with Crippen LogP contribution in [0.15, 0.2) is 12.1 Å². The summed E-state index contributed by atoms with van der Waals surface area (Å²) in [6, 6.07) is 2.56. The molecule has 0 spiro atoms. The first-order valence-electron chi connectivity index (χ1n) is 4.72. The van der Waals surface area contributed by atoms with Gasteiger partial charge in [0.15, 0.2) is 0 Å². The zero-order chi connectivity index (χ0) is 10.3. The Bertz CT molecular complexity index is 370. The highest BCUT2D eigenvalue weighted by atomic mass is 19.1. The molecule has 1 N–H and O–H groups in total.